The molecule has 1 N–H and O–H groups in total. The number of benzene rings is 1. The molecular formula is C16H20N2O4S. The monoisotopic (exact) mass is 336 g/mol. The van der Waals surface area contributed by atoms with Crippen molar-refractivity contribution in [2.24, 2.45) is 5.16 Å². The van der Waals surface area contributed by atoms with E-state index in [0.717, 1.165) is 28.3 Å². The van der Waals surface area contributed by atoms with Crippen LogP contribution in [-0.4, -0.2) is 31.2 Å². The number of H-pyrrole nitrogens is 1. The number of nitrogens with one attached hydrogen (secondary N) is 1. The first kappa shape index (κ1) is 17.2. The fraction of sp³-hybridized carbons (Fsp3) is 0.375. The molecule has 1 heterocycles. The number of fused-ring (bicyclic) bond motifs is 1. The van der Waals surface area contributed by atoms with Crippen molar-refractivity contribution in [3.8, 4) is 0 Å². The number of carbonyl (C=O) groups is 1. The number of Topliss-reactive ketones (excluding diaryl/α,β-unsaturated/α-hetero) is 1. The van der Waals surface area contributed by atoms with E-state index in [1.807, 2.05) is 20.8 Å². The van der Waals surface area contributed by atoms with E-state index >= 15 is 0 Å². The van der Waals surface area contributed by atoms with Crippen LogP contribution in [0, 0.1) is 27.7 Å². The molecule has 0 atom stereocenters. The summed E-state index contributed by atoms with van der Waals surface area (Å²) in [5, 5.41) is 4.49. The number of aromatic amines is 1. The Morgan fingerprint density at radius 1 is 1.09 bits per heavy atom. The molecule has 1 aromatic heterocycles. The molecule has 0 amide bonds. The van der Waals surface area contributed by atoms with Gasteiger partial charge in [-0.05, 0) is 56.0 Å². The Hall–Kier alpha value is -2.15. The number of oxime groups is 1. The van der Waals surface area contributed by atoms with E-state index in [9.17, 15) is 13.2 Å². The Morgan fingerprint density at radius 2 is 1.65 bits per heavy atom. The van der Waals surface area contributed by atoms with E-state index in [2.05, 4.69) is 21.3 Å². The summed E-state index contributed by atoms with van der Waals surface area (Å²) in [6.07, 6.45) is 0.875. The number of aryl methyl sites for hydroxylation is 2. The second kappa shape index (κ2) is 5.81. The van der Waals surface area contributed by atoms with Crippen LogP contribution in [0.5, 0.6) is 0 Å². The highest BCUT2D eigenvalue weighted by atomic mass is 32.2. The largest absolute Gasteiger partial charge is 0.353 e. The van der Waals surface area contributed by atoms with Crippen molar-refractivity contribution in [1.29, 1.82) is 0 Å². The van der Waals surface area contributed by atoms with Crippen LogP contribution < -0.4 is 0 Å². The molecular weight excluding hydrogens is 316 g/mol. The summed E-state index contributed by atoms with van der Waals surface area (Å²) in [6.45, 7) is 9.42. The minimum Gasteiger partial charge on any atom is -0.353 e. The fourth-order valence-electron chi connectivity index (χ4n) is 2.53. The molecule has 0 aliphatic heterocycles. The molecule has 0 fully saturated rings. The van der Waals surface area contributed by atoms with Crippen molar-refractivity contribution < 1.29 is 17.5 Å². The van der Waals surface area contributed by atoms with Gasteiger partial charge in [0.2, 0.25) is 0 Å². The Kier molecular flexibility index (Phi) is 4.34. The summed E-state index contributed by atoms with van der Waals surface area (Å²) in [5.74, 6) is -0.385. The quantitative estimate of drug-likeness (QED) is 0.687. The first-order valence-electron chi connectivity index (χ1n) is 7.10. The highest BCUT2D eigenvalue weighted by Crippen LogP contribution is 2.29. The highest BCUT2D eigenvalue weighted by Gasteiger charge is 2.18. The van der Waals surface area contributed by atoms with Gasteiger partial charge in [0.25, 0.3) is 0 Å². The van der Waals surface area contributed by atoms with Crippen molar-refractivity contribution in [2.45, 2.75) is 34.6 Å². The number of carbonyl (C=O) groups excluding carboxylic acids is 1. The maximum atomic E-state index is 11.8. The molecule has 2 rings (SSSR count). The van der Waals surface area contributed by atoms with Crippen molar-refractivity contribution in [3.05, 3.63) is 34.0 Å². The molecule has 0 spiro atoms. The van der Waals surface area contributed by atoms with Gasteiger partial charge in [-0.15, -0.1) is 0 Å². The van der Waals surface area contributed by atoms with E-state index in [-0.39, 0.29) is 11.5 Å². The molecule has 6 nitrogen and oxygen atoms in total. The average molecular weight is 336 g/mol. The normalized spacial score (nSPS) is 12.7. The molecule has 0 aliphatic rings. The first-order valence-corrected chi connectivity index (χ1v) is 8.91. The minimum absolute atomic E-state index is 0.0549. The Bertz CT molecular complexity index is 892. The number of ketones is 1. The zero-order chi connectivity index (χ0) is 17.5. The standard InChI is InChI=1S/C16H20N2O4S/c1-8-9(2)11(4)15-13(10(8)3)7-14(17-15)16(12(5)19)18-22-23(6,20)21/h7,17H,1-6H3/b18-16+. The molecule has 2 aromatic rings. The third-order valence-electron chi connectivity index (χ3n) is 4.14. The Labute approximate surface area is 135 Å². The smallest absolute Gasteiger partial charge is 0.325 e. The Balaban J connectivity index is 2.70. The molecule has 0 radical (unpaired) electrons. The fourth-order valence-corrected chi connectivity index (χ4v) is 2.74. The van der Waals surface area contributed by atoms with Crippen LogP contribution >= 0.6 is 0 Å². The lowest BCUT2D eigenvalue weighted by Gasteiger charge is -2.10. The summed E-state index contributed by atoms with van der Waals surface area (Å²) < 4.78 is 26.6. The maximum absolute atomic E-state index is 11.8. The molecule has 0 saturated carbocycles. The van der Waals surface area contributed by atoms with Crippen molar-refractivity contribution in [2.75, 3.05) is 6.26 Å². The lowest BCUT2D eigenvalue weighted by molar-refractivity contribution is -0.111. The average Bonchev–Trinajstić information content (AvgIpc) is 2.86. The predicted octanol–water partition coefficient (Wildman–Crippen LogP) is 2.67. The molecule has 0 aliphatic carbocycles. The molecule has 1 aromatic carbocycles. The molecule has 0 bridgehead atoms. The maximum Gasteiger partial charge on any atom is 0.325 e. The molecule has 124 valence electrons. The summed E-state index contributed by atoms with van der Waals surface area (Å²) in [5.41, 5.74) is 5.85. The zero-order valence-corrected chi connectivity index (χ0v) is 14.9. The van der Waals surface area contributed by atoms with Crippen molar-refractivity contribution in [1.82, 2.24) is 4.98 Å². The van der Waals surface area contributed by atoms with Crippen molar-refractivity contribution >= 4 is 32.5 Å². The second-order valence-electron chi connectivity index (χ2n) is 5.75. The van der Waals surface area contributed by atoms with Crippen LogP contribution in [0.2, 0.25) is 0 Å². The van der Waals surface area contributed by atoms with E-state index in [1.165, 1.54) is 18.1 Å². The number of rotatable bonds is 4. The third-order valence-corrected chi connectivity index (χ3v) is 4.48. The zero-order valence-electron chi connectivity index (χ0n) is 14.1. The van der Waals surface area contributed by atoms with Gasteiger partial charge in [0.05, 0.1) is 11.9 Å². The van der Waals surface area contributed by atoms with Gasteiger partial charge in [-0.1, -0.05) is 5.16 Å². The van der Waals surface area contributed by atoms with Gasteiger partial charge in [-0.25, -0.2) is 0 Å². The SMILES string of the molecule is CC(=O)/C(=N\OS(C)(=O)=O)c1cc2c(C)c(C)c(C)c(C)c2[nH]1. The summed E-state index contributed by atoms with van der Waals surface area (Å²) in [6, 6.07) is 1.80. The number of hydrogen-bond acceptors (Lipinski definition) is 5. The first-order chi connectivity index (χ1) is 10.5. The third kappa shape index (κ3) is 3.29. The number of hydrogen-bond donors (Lipinski definition) is 1. The van der Waals surface area contributed by atoms with Gasteiger partial charge < -0.3 is 4.98 Å². The van der Waals surface area contributed by atoms with E-state index in [0.29, 0.717) is 5.69 Å². The highest BCUT2D eigenvalue weighted by molar-refractivity contribution is 7.85. The van der Waals surface area contributed by atoms with Gasteiger partial charge >= 0.3 is 10.1 Å². The minimum atomic E-state index is -3.77. The summed E-state index contributed by atoms with van der Waals surface area (Å²) >= 11 is 0. The number of aromatic nitrogens is 1. The second-order valence-corrected chi connectivity index (χ2v) is 7.30. The predicted molar refractivity (Wildman–Crippen MR) is 90.4 cm³/mol. The van der Waals surface area contributed by atoms with Crippen LogP contribution in [0.4, 0.5) is 0 Å². The number of nitrogens with zero attached hydrogens (tertiary/aromatic N) is 1. The van der Waals surface area contributed by atoms with Gasteiger partial charge in [0, 0.05) is 17.8 Å². The lowest BCUT2D eigenvalue weighted by atomic mass is 9.96. The van der Waals surface area contributed by atoms with Crippen LogP contribution in [0.25, 0.3) is 10.9 Å². The van der Waals surface area contributed by atoms with E-state index in [1.54, 1.807) is 6.07 Å². The lowest BCUT2D eigenvalue weighted by Crippen LogP contribution is -2.14. The van der Waals surface area contributed by atoms with Gasteiger partial charge in [-0.3, -0.25) is 9.08 Å². The van der Waals surface area contributed by atoms with Crippen LogP contribution in [0.1, 0.15) is 34.9 Å². The molecule has 0 saturated heterocycles. The molecule has 7 heteroatoms. The topological polar surface area (TPSA) is 88.6 Å². The van der Waals surface area contributed by atoms with E-state index < -0.39 is 10.1 Å². The van der Waals surface area contributed by atoms with Gasteiger partial charge in [-0.2, -0.15) is 8.42 Å². The summed E-state index contributed by atoms with van der Waals surface area (Å²) in [4.78, 5) is 15.0. The summed E-state index contributed by atoms with van der Waals surface area (Å²) in [7, 11) is -3.77. The Morgan fingerprint density at radius 3 is 2.17 bits per heavy atom. The van der Waals surface area contributed by atoms with Gasteiger partial charge in [0.1, 0.15) is 0 Å². The van der Waals surface area contributed by atoms with Crippen LogP contribution in [0.3, 0.4) is 0 Å². The van der Waals surface area contributed by atoms with Crippen molar-refractivity contribution in [3.63, 3.8) is 0 Å². The molecule has 23 heavy (non-hydrogen) atoms. The van der Waals surface area contributed by atoms with E-state index in [4.69, 9.17) is 0 Å². The van der Waals surface area contributed by atoms with Crippen LogP contribution in [-0.2, 0) is 19.2 Å². The molecule has 0 unspecified atom stereocenters. The van der Waals surface area contributed by atoms with Crippen LogP contribution in [0.15, 0.2) is 11.2 Å². The van der Waals surface area contributed by atoms with Gasteiger partial charge in [0.15, 0.2) is 11.5 Å².